The third-order valence-corrected chi connectivity index (χ3v) is 6.67. The number of methoxy groups -OCH3 is 1. The number of aromatic nitrogens is 2. The minimum atomic E-state index is -0.772. The number of nitro benzene ring substituents is 3. The number of phenols is 1. The van der Waals surface area contributed by atoms with E-state index in [1.54, 1.807) is 43.3 Å². The van der Waals surface area contributed by atoms with Crippen molar-refractivity contribution < 1.29 is 24.6 Å². The summed E-state index contributed by atoms with van der Waals surface area (Å²) < 4.78 is 6.31. The van der Waals surface area contributed by atoms with Crippen LogP contribution < -0.4 is 4.74 Å². The number of hydrogen-bond donors (Lipinski definition) is 1. The molecule has 230 valence electrons. The number of phenolic OH excluding ortho intramolecular Hbond substituents is 1. The van der Waals surface area contributed by atoms with Crippen molar-refractivity contribution in [1.29, 1.82) is 0 Å². The Bertz CT molecular complexity index is 2060. The van der Waals surface area contributed by atoms with E-state index in [0.717, 1.165) is 16.8 Å². The second kappa shape index (κ2) is 12.8. The number of rotatable bonds is 10. The molecule has 0 saturated carbocycles. The zero-order chi connectivity index (χ0) is 33.0. The molecule has 16 nitrogen and oxygen atoms in total. The summed E-state index contributed by atoms with van der Waals surface area (Å²) >= 11 is 0. The van der Waals surface area contributed by atoms with Gasteiger partial charge in [0.25, 0.3) is 11.4 Å². The summed E-state index contributed by atoms with van der Waals surface area (Å²) in [5, 5.41) is 58.2. The Labute approximate surface area is 259 Å². The Morgan fingerprint density at radius 2 is 1.54 bits per heavy atom. The maximum atomic E-state index is 12.1. The first kappa shape index (κ1) is 30.6. The molecule has 1 heterocycles. The molecule has 5 rings (SSSR count). The summed E-state index contributed by atoms with van der Waals surface area (Å²) in [4.78, 5) is 37.3. The fraction of sp³-hybridized carbons (Fsp3) is 0.0667. The van der Waals surface area contributed by atoms with Crippen molar-refractivity contribution in [2.75, 3.05) is 7.11 Å². The van der Waals surface area contributed by atoms with Gasteiger partial charge in [0.1, 0.15) is 11.4 Å². The van der Waals surface area contributed by atoms with E-state index in [-0.39, 0.29) is 40.1 Å². The molecule has 0 fully saturated rings. The standard InChI is InChI=1S/C30H22N8O8/c1-18-14-21(36(40)41)9-11-23(18)32-33-29-28(20-6-4-3-5-7-20)34-35(24-12-10-22(37(42)43)16-25(24)38(44)45)30(29)31-17-19-8-13-26(39)27(15-19)46-2/h3-17,39H,1-2H3/b31-17-,33-32?. The van der Waals surface area contributed by atoms with Crippen LogP contribution in [0.1, 0.15) is 11.1 Å². The molecule has 0 aliphatic carbocycles. The van der Waals surface area contributed by atoms with E-state index in [0.29, 0.717) is 22.4 Å². The lowest BCUT2D eigenvalue weighted by Gasteiger charge is -2.06. The molecule has 0 aliphatic rings. The maximum Gasteiger partial charge on any atom is 0.301 e. The summed E-state index contributed by atoms with van der Waals surface area (Å²) in [5.74, 6) is 0.0266. The summed E-state index contributed by atoms with van der Waals surface area (Å²) in [7, 11) is 1.38. The number of ether oxygens (including phenoxy) is 1. The van der Waals surface area contributed by atoms with Gasteiger partial charge in [-0.1, -0.05) is 30.3 Å². The quantitative estimate of drug-likeness (QED) is 0.0707. The molecule has 1 N–H and O–H groups in total. The highest BCUT2D eigenvalue weighted by Crippen LogP contribution is 2.43. The zero-order valence-electron chi connectivity index (χ0n) is 24.0. The largest absolute Gasteiger partial charge is 0.504 e. The Kier molecular flexibility index (Phi) is 8.52. The second-order valence-electron chi connectivity index (χ2n) is 9.60. The Hall–Kier alpha value is -6.84. The molecular weight excluding hydrogens is 600 g/mol. The van der Waals surface area contributed by atoms with E-state index >= 15 is 0 Å². The molecule has 4 aromatic carbocycles. The molecule has 0 amide bonds. The highest BCUT2D eigenvalue weighted by molar-refractivity contribution is 5.88. The van der Waals surface area contributed by atoms with Crippen molar-refractivity contribution >= 4 is 40.5 Å². The minimum absolute atomic E-state index is 0.0360. The number of aliphatic imine (C=N–C) groups is 1. The minimum Gasteiger partial charge on any atom is -0.504 e. The predicted molar refractivity (Wildman–Crippen MR) is 166 cm³/mol. The Morgan fingerprint density at radius 3 is 2.20 bits per heavy atom. The number of aromatic hydroxyl groups is 1. The molecule has 0 aliphatic heterocycles. The van der Waals surface area contributed by atoms with Gasteiger partial charge in [-0.15, -0.1) is 5.11 Å². The van der Waals surface area contributed by atoms with E-state index < -0.39 is 26.1 Å². The van der Waals surface area contributed by atoms with Gasteiger partial charge in [0.05, 0.1) is 33.6 Å². The van der Waals surface area contributed by atoms with Crippen molar-refractivity contribution in [3.63, 3.8) is 0 Å². The van der Waals surface area contributed by atoms with Crippen LogP contribution in [0.4, 0.5) is 34.3 Å². The highest BCUT2D eigenvalue weighted by Gasteiger charge is 2.27. The van der Waals surface area contributed by atoms with Gasteiger partial charge >= 0.3 is 5.69 Å². The molecule has 5 aromatic rings. The number of hydrogen-bond acceptors (Lipinski definition) is 12. The van der Waals surface area contributed by atoms with Crippen LogP contribution in [0, 0.1) is 37.3 Å². The zero-order valence-corrected chi connectivity index (χ0v) is 24.0. The van der Waals surface area contributed by atoms with Gasteiger partial charge < -0.3 is 9.84 Å². The monoisotopic (exact) mass is 622 g/mol. The molecule has 46 heavy (non-hydrogen) atoms. The van der Waals surface area contributed by atoms with Crippen LogP contribution in [-0.2, 0) is 0 Å². The van der Waals surface area contributed by atoms with Gasteiger partial charge in [-0.3, -0.25) is 30.3 Å². The summed E-state index contributed by atoms with van der Waals surface area (Å²) in [6, 6.07) is 20.3. The topological polar surface area (TPSA) is 214 Å². The van der Waals surface area contributed by atoms with Crippen molar-refractivity contribution in [3.05, 3.63) is 126 Å². The van der Waals surface area contributed by atoms with Crippen molar-refractivity contribution in [3.8, 4) is 28.4 Å². The number of nitro groups is 3. The maximum absolute atomic E-state index is 12.1. The molecule has 0 saturated heterocycles. The number of non-ortho nitro benzene ring substituents is 2. The third-order valence-electron chi connectivity index (χ3n) is 6.67. The fourth-order valence-electron chi connectivity index (χ4n) is 4.40. The Morgan fingerprint density at radius 1 is 0.848 bits per heavy atom. The van der Waals surface area contributed by atoms with Crippen LogP contribution >= 0.6 is 0 Å². The van der Waals surface area contributed by atoms with Crippen molar-refractivity contribution in [2.45, 2.75) is 6.92 Å². The average Bonchev–Trinajstić information content (AvgIpc) is 3.41. The molecule has 0 radical (unpaired) electrons. The summed E-state index contributed by atoms with van der Waals surface area (Å²) in [6.07, 6.45) is 1.39. The van der Waals surface area contributed by atoms with E-state index in [9.17, 15) is 35.4 Å². The van der Waals surface area contributed by atoms with Crippen LogP contribution in [0.3, 0.4) is 0 Å². The third kappa shape index (κ3) is 6.25. The second-order valence-corrected chi connectivity index (χ2v) is 9.60. The van der Waals surface area contributed by atoms with Crippen LogP contribution in [0.25, 0.3) is 16.9 Å². The highest BCUT2D eigenvalue weighted by atomic mass is 16.6. The number of aryl methyl sites for hydroxylation is 1. The molecule has 16 heteroatoms. The molecule has 1 aromatic heterocycles. The van der Waals surface area contributed by atoms with E-state index in [2.05, 4.69) is 20.3 Å². The normalized spacial score (nSPS) is 11.3. The first-order valence-corrected chi connectivity index (χ1v) is 13.3. The number of azo groups is 1. The van der Waals surface area contributed by atoms with Crippen LogP contribution in [0.2, 0.25) is 0 Å². The Balaban J connectivity index is 1.79. The molecule has 0 bridgehead atoms. The van der Waals surface area contributed by atoms with Gasteiger partial charge in [-0.25, -0.2) is 9.67 Å². The van der Waals surface area contributed by atoms with Crippen molar-refractivity contribution in [2.24, 2.45) is 15.2 Å². The number of benzene rings is 4. The SMILES string of the molecule is COc1cc(/C=N\c2c(N=Nc3ccc([N+](=O)[O-])cc3C)c(-c3ccccc3)nn2-c2ccc([N+](=O)[O-])cc2[N+](=O)[O-])ccc1O. The molecule has 0 unspecified atom stereocenters. The van der Waals surface area contributed by atoms with E-state index in [1.165, 1.54) is 49.7 Å². The fourth-order valence-corrected chi connectivity index (χ4v) is 4.40. The summed E-state index contributed by atoms with van der Waals surface area (Å²) in [6.45, 7) is 1.63. The lowest BCUT2D eigenvalue weighted by molar-refractivity contribution is -0.394. The first-order valence-electron chi connectivity index (χ1n) is 13.3. The first-order chi connectivity index (χ1) is 22.1. The van der Waals surface area contributed by atoms with Crippen LogP contribution in [-0.4, -0.2) is 43.0 Å². The smallest absolute Gasteiger partial charge is 0.301 e. The number of nitrogens with zero attached hydrogens (tertiary/aromatic N) is 8. The van der Waals surface area contributed by atoms with Crippen LogP contribution in [0.5, 0.6) is 11.5 Å². The molecule has 0 spiro atoms. The lowest BCUT2D eigenvalue weighted by atomic mass is 10.1. The average molecular weight is 623 g/mol. The van der Waals surface area contributed by atoms with E-state index in [4.69, 9.17) is 4.74 Å². The van der Waals surface area contributed by atoms with Gasteiger partial charge in [-0.05, 0) is 48.4 Å². The van der Waals surface area contributed by atoms with Gasteiger partial charge in [0.15, 0.2) is 23.0 Å². The lowest BCUT2D eigenvalue weighted by Crippen LogP contribution is -2.03. The molecule has 0 atom stereocenters. The van der Waals surface area contributed by atoms with Gasteiger partial charge in [-0.2, -0.15) is 10.2 Å². The van der Waals surface area contributed by atoms with Gasteiger partial charge in [0, 0.05) is 30.0 Å². The van der Waals surface area contributed by atoms with Crippen LogP contribution in [0.15, 0.2) is 100 Å². The molecular formula is C30H22N8O8. The van der Waals surface area contributed by atoms with Crippen molar-refractivity contribution in [1.82, 2.24) is 9.78 Å². The van der Waals surface area contributed by atoms with E-state index in [1.807, 2.05) is 0 Å². The predicted octanol–water partition coefficient (Wildman–Crippen LogP) is 7.45. The summed E-state index contributed by atoms with van der Waals surface area (Å²) in [5.41, 5.74) is 0.667. The van der Waals surface area contributed by atoms with Gasteiger partial charge in [0.2, 0.25) is 0 Å².